The predicted octanol–water partition coefficient (Wildman–Crippen LogP) is 1.92. The number of likely N-dealkylation sites (N-methyl/N-ethyl adjacent to an activating group) is 1. The Morgan fingerprint density at radius 2 is 2.06 bits per heavy atom. The van der Waals surface area contributed by atoms with Crippen molar-refractivity contribution in [2.75, 3.05) is 51.2 Å². The highest BCUT2D eigenvalue weighted by Gasteiger charge is 2.50. The molecular weight excluding hydrogens is 401 g/mol. The van der Waals surface area contributed by atoms with E-state index >= 15 is 0 Å². The Bertz CT molecular complexity index is 775. The molecule has 0 aliphatic carbocycles. The number of piperazine rings is 1. The van der Waals surface area contributed by atoms with Crippen LogP contribution in [0, 0.1) is 5.82 Å². The molecule has 172 valence electrons. The van der Waals surface area contributed by atoms with Crippen molar-refractivity contribution in [1.82, 2.24) is 20.0 Å². The second-order valence-corrected chi connectivity index (χ2v) is 8.08. The summed E-state index contributed by atoms with van der Waals surface area (Å²) >= 11 is 0. The Balaban J connectivity index is 1.94. The van der Waals surface area contributed by atoms with Gasteiger partial charge in [0.25, 0.3) is 0 Å². The second-order valence-electron chi connectivity index (χ2n) is 8.08. The first kappa shape index (κ1) is 23.4. The standard InChI is InChI=1S/C22H34FN5O3/c1-5-26(6-2)12-10-19-15-24-11-13-27(19)20-21(25(4)16(3)29)31-22(30)28(20)18-9-7-8-17(23)14-18/h7-9,14,19-21,24H,5-6,10-13,15H2,1-4H3. The van der Waals surface area contributed by atoms with Crippen molar-refractivity contribution in [2.45, 2.75) is 45.6 Å². The number of nitrogens with one attached hydrogen (secondary N) is 1. The molecule has 1 aromatic rings. The van der Waals surface area contributed by atoms with E-state index < -0.39 is 24.3 Å². The number of amides is 2. The average molecular weight is 436 g/mol. The molecule has 2 aliphatic rings. The minimum atomic E-state index is -0.776. The van der Waals surface area contributed by atoms with Crippen LogP contribution in [-0.2, 0) is 9.53 Å². The number of rotatable bonds is 8. The molecule has 31 heavy (non-hydrogen) atoms. The van der Waals surface area contributed by atoms with Gasteiger partial charge in [0.15, 0.2) is 6.17 Å². The third-order valence-electron chi connectivity index (χ3n) is 6.31. The van der Waals surface area contributed by atoms with E-state index in [0.29, 0.717) is 12.2 Å². The first-order chi connectivity index (χ1) is 14.9. The Morgan fingerprint density at radius 1 is 1.32 bits per heavy atom. The second kappa shape index (κ2) is 10.4. The third-order valence-corrected chi connectivity index (χ3v) is 6.31. The normalized spacial score (nSPS) is 24.5. The molecule has 2 saturated heterocycles. The Kier molecular flexibility index (Phi) is 7.85. The number of ether oxygens (including phenoxy) is 1. The first-order valence-electron chi connectivity index (χ1n) is 11.0. The van der Waals surface area contributed by atoms with E-state index in [9.17, 15) is 14.0 Å². The number of halogens is 1. The lowest BCUT2D eigenvalue weighted by molar-refractivity contribution is -0.138. The van der Waals surface area contributed by atoms with Gasteiger partial charge < -0.3 is 19.9 Å². The van der Waals surface area contributed by atoms with E-state index in [0.717, 1.165) is 39.1 Å². The van der Waals surface area contributed by atoms with E-state index in [1.165, 1.54) is 28.9 Å². The van der Waals surface area contributed by atoms with Gasteiger partial charge in [-0.2, -0.15) is 0 Å². The highest BCUT2D eigenvalue weighted by molar-refractivity contribution is 5.91. The van der Waals surface area contributed by atoms with Crippen LogP contribution in [0.2, 0.25) is 0 Å². The van der Waals surface area contributed by atoms with E-state index in [-0.39, 0.29) is 11.9 Å². The molecule has 3 rings (SSSR count). The summed E-state index contributed by atoms with van der Waals surface area (Å²) in [6.07, 6.45) is -0.976. The van der Waals surface area contributed by atoms with Gasteiger partial charge in [-0.3, -0.25) is 14.6 Å². The number of hydrogen-bond acceptors (Lipinski definition) is 6. The molecule has 1 aromatic carbocycles. The fraction of sp³-hybridized carbons (Fsp3) is 0.636. The molecule has 1 N–H and O–H groups in total. The van der Waals surface area contributed by atoms with Crippen molar-refractivity contribution in [1.29, 1.82) is 0 Å². The molecule has 3 atom stereocenters. The number of benzene rings is 1. The van der Waals surface area contributed by atoms with Gasteiger partial charge >= 0.3 is 6.09 Å². The topological polar surface area (TPSA) is 68.4 Å². The zero-order valence-corrected chi connectivity index (χ0v) is 18.9. The van der Waals surface area contributed by atoms with Gasteiger partial charge in [0.1, 0.15) is 5.82 Å². The zero-order chi connectivity index (χ0) is 22.5. The van der Waals surface area contributed by atoms with Gasteiger partial charge in [-0.05, 0) is 44.3 Å². The molecule has 2 aliphatic heterocycles. The first-order valence-corrected chi connectivity index (χ1v) is 11.0. The number of hydrogen-bond donors (Lipinski definition) is 1. The van der Waals surface area contributed by atoms with Crippen LogP contribution in [0.15, 0.2) is 24.3 Å². The van der Waals surface area contributed by atoms with Crippen molar-refractivity contribution in [3.8, 4) is 0 Å². The molecule has 0 aromatic heterocycles. The molecule has 8 nitrogen and oxygen atoms in total. The molecule has 0 radical (unpaired) electrons. The number of nitrogens with zero attached hydrogens (tertiary/aromatic N) is 4. The molecule has 2 amide bonds. The fourth-order valence-corrected chi connectivity index (χ4v) is 4.38. The van der Waals surface area contributed by atoms with Crippen LogP contribution in [-0.4, -0.2) is 91.5 Å². The van der Waals surface area contributed by atoms with Gasteiger partial charge in [-0.15, -0.1) is 0 Å². The number of carbonyl (C=O) groups is 2. The molecule has 9 heteroatoms. The largest absolute Gasteiger partial charge is 0.421 e. The molecule has 0 spiro atoms. The van der Waals surface area contributed by atoms with Crippen LogP contribution >= 0.6 is 0 Å². The van der Waals surface area contributed by atoms with Crippen LogP contribution < -0.4 is 10.2 Å². The van der Waals surface area contributed by atoms with Crippen molar-refractivity contribution in [3.63, 3.8) is 0 Å². The molecule has 3 unspecified atom stereocenters. The highest BCUT2D eigenvalue weighted by Crippen LogP contribution is 2.33. The summed E-state index contributed by atoms with van der Waals surface area (Å²) in [4.78, 5) is 32.6. The summed E-state index contributed by atoms with van der Waals surface area (Å²) in [5.41, 5.74) is 0.426. The zero-order valence-electron chi connectivity index (χ0n) is 18.9. The lowest BCUT2D eigenvalue weighted by Crippen LogP contribution is -2.64. The summed E-state index contributed by atoms with van der Waals surface area (Å²) < 4.78 is 19.7. The van der Waals surface area contributed by atoms with Crippen molar-refractivity contribution < 1.29 is 18.7 Å². The Hall–Kier alpha value is -2.23. The average Bonchev–Trinajstić information content (AvgIpc) is 3.10. The number of carbonyl (C=O) groups excluding carboxylic acids is 2. The van der Waals surface area contributed by atoms with E-state index in [1.54, 1.807) is 19.2 Å². The van der Waals surface area contributed by atoms with Crippen LogP contribution in [0.5, 0.6) is 0 Å². The lowest BCUT2D eigenvalue weighted by atomic mass is 10.1. The summed E-state index contributed by atoms with van der Waals surface area (Å²) in [5, 5.41) is 3.44. The predicted molar refractivity (Wildman–Crippen MR) is 117 cm³/mol. The lowest BCUT2D eigenvalue weighted by Gasteiger charge is -2.44. The number of anilines is 1. The van der Waals surface area contributed by atoms with E-state index in [2.05, 4.69) is 29.0 Å². The van der Waals surface area contributed by atoms with Gasteiger partial charge in [0.2, 0.25) is 12.1 Å². The monoisotopic (exact) mass is 435 g/mol. The minimum Gasteiger partial charge on any atom is -0.421 e. The Labute approximate surface area is 183 Å². The SMILES string of the molecule is CCN(CC)CCC1CNCCN1C1C(N(C)C(C)=O)OC(=O)N1c1cccc(F)c1. The molecule has 0 saturated carbocycles. The summed E-state index contributed by atoms with van der Waals surface area (Å²) in [7, 11) is 1.63. The molecule has 0 bridgehead atoms. The fourth-order valence-electron chi connectivity index (χ4n) is 4.38. The third kappa shape index (κ3) is 5.16. The van der Waals surface area contributed by atoms with Gasteiger partial charge in [-0.1, -0.05) is 19.9 Å². The number of cyclic esters (lactones) is 1. The highest BCUT2D eigenvalue weighted by atomic mass is 19.1. The minimum absolute atomic E-state index is 0.146. The van der Waals surface area contributed by atoms with Crippen LogP contribution in [0.3, 0.4) is 0 Å². The van der Waals surface area contributed by atoms with Crippen molar-refractivity contribution in [3.05, 3.63) is 30.1 Å². The van der Waals surface area contributed by atoms with Gasteiger partial charge in [-0.25, -0.2) is 9.18 Å². The van der Waals surface area contributed by atoms with Crippen LogP contribution in [0.1, 0.15) is 27.2 Å². The van der Waals surface area contributed by atoms with Crippen molar-refractivity contribution in [2.24, 2.45) is 0 Å². The quantitative estimate of drug-likeness (QED) is 0.673. The van der Waals surface area contributed by atoms with Crippen LogP contribution in [0.25, 0.3) is 0 Å². The van der Waals surface area contributed by atoms with Gasteiger partial charge in [0.05, 0.1) is 5.69 Å². The summed E-state index contributed by atoms with van der Waals surface area (Å²) in [6.45, 7) is 10.9. The van der Waals surface area contributed by atoms with Gasteiger partial charge in [0, 0.05) is 39.6 Å². The maximum atomic E-state index is 14.0. The van der Waals surface area contributed by atoms with Crippen LogP contribution in [0.4, 0.5) is 14.9 Å². The molecule has 2 fully saturated rings. The summed E-state index contributed by atoms with van der Waals surface area (Å²) in [5.74, 6) is -0.621. The van der Waals surface area contributed by atoms with Crippen molar-refractivity contribution >= 4 is 17.7 Å². The molecular formula is C22H34FN5O3. The maximum Gasteiger partial charge on any atom is 0.417 e. The molecule has 2 heterocycles. The van der Waals surface area contributed by atoms with E-state index in [1.807, 2.05) is 0 Å². The van der Waals surface area contributed by atoms with E-state index in [4.69, 9.17) is 4.74 Å². The smallest absolute Gasteiger partial charge is 0.417 e. The summed E-state index contributed by atoms with van der Waals surface area (Å²) in [6, 6.07) is 6.09. The Morgan fingerprint density at radius 3 is 2.71 bits per heavy atom. The maximum absolute atomic E-state index is 14.0.